The van der Waals surface area contributed by atoms with Crippen molar-refractivity contribution in [2.45, 2.75) is 31.3 Å². The van der Waals surface area contributed by atoms with Gasteiger partial charge in [-0.2, -0.15) is 0 Å². The van der Waals surface area contributed by atoms with Gasteiger partial charge in [0.25, 0.3) is 0 Å². The Morgan fingerprint density at radius 3 is 2.74 bits per heavy atom. The van der Waals surface area contributed by atoms with E-state index in [1.54, 1.807) is 6.08 Å². The first-order valence-corrected chi connectivity index (χ1v) is 7.28. The highest BCUT2D eigenvalue weighted by Crippen LogP contribution is 2.19. The molecule has 2 aliphatic rings. The average molecular weight is 266 g/mol. The average Bonchev–Trinajstić information content (AvgIpc) is 2.85. The van der Waals surface area contributed by atoms with E-state index in [1.807, 2.05) is 0 Å². The number of piperidine rings is 1. The van der Waals surface area contributed by atoms with Gasteiger partial charge in [0, 0.05) is 31.7 Å². The molecular weight excluding hydrogens is 240 g/mol. The quantitative estimate of drug-likeness (QED) is 0.676. The van der Waals surface area contributed by atoms with Gasteiger partial charge in [0.1, 0.15) is 0 Å². The first kappa shape index (κ1) is 14.5. The molecule has 0 saturated carbocycles. The topological polar surface area (TPSA) is 61.6 Å². The summed E-state index contributed by atoms with van der Waals surface area (Å²) < 4.78 is 0. The maximum Gasteiger partial charge on any atom is 0.234 e. The molecule has 0 aromatic heterocycles. The van der Waals surface area contributed by atoms with Gasteiger partial charge in [0.2, 0.25) is 5.91 Å². The van der Waals surface area contributed by atoms with Gasteiger partial charge in [-0.25, -0.2) is 0 Å². The number of rotatable bonds is 5. The van der Waals surface area contributed by atoms with Gasteiger partial charge in [-0.15, -0.1) is 6.58 Å². The van der Waals surface area contributed by atoms with Crippen LogP contribution in [-0.4, -0.2) is 67.1 Å². The zero-order chi connectivity index (χ0) is 13.7. The molecule has 5 heteroatoms. The summed E-state index contributed by atoms with van der Waals surface area (Å²) in [6.07, 6.45) is 5.10. The maximum absolute atomic E-state index is 11.7. The van der Waals surface area contributed by atoms with Gasteiger partial charge in [0.05, 0.1) is 6.54 Å². The molecule has 2 aliphatic heterocycles. The lowest BCUT2D eigenvalue weighted by molar-refractivity contribution is -0.121. The minimum Gasteiger partial charge on any atom is -0.352 e. The number of nitrogens with one attached hydrogen (secondary N) is 1. The standard InChI is InChI=1S/C14H26N4O/c1-2-6-16-14(19)11-17-7-5-13(10-17)18-8-3-12(15)4-9-18/h2,12-13H,1,3-11,15H2,(H,16,19). The van der Waals surface area contributed by atoms with Crippen molar-refractivity contribution < 1.29 is 4.79 Å². The van der Waals surface area contributed by atoms with E-state index in [4.69, 9.17) is 5.73 Å². The summed E-state index contributed by atoms with van der Waals surface area (Å²) in [7, 11) is 0. The highest BCUT2D eigenvalue weighted by Gasteiger charge is 2.30. The van der Waals surface area contributed by atoms with Crippen molar-refractivity contribution in [3.63, 3.8) is 0 Å². The molecule has 0 spiro atoms. The van der Waals surface area contributed by atoms with Crippen molar-refractivity contribution >= 4 is 5.91 Å². The van der Waals surface area contributed by atoms with Gasteiger partial charge >= 0.3 is 0 Å². The number of likely N-dealkylation sites (tertiary alicyclic amines) is 2. The Hall–Kier alpha value is -0.910. The Morgan fingerprint density at radius 1 is 1.32 bits per heavy atom. The fraction of sp³-hybridized carbons (Fsp3) is 0.786. The summed E-state index contributed by atoms with van der Waals surface area (Å²) in [6, 6.07) is 0.998. The molecule has 19 heavy (non-hydrogen) atoms. The molecule has 1 atom stereocenters. The second-order valence-electron chi connectivity index (χ2n) is 5.64. The Morgan fingerprint density at radius 2 is 2.05 bits per heavy atom. The van der Waals surface area contributed by atoms with Crippen LogP contribution in [-0.2, 0) is 4.79 Å². The van der Waals surface area contributed by atoms with Crippen LogP contribution >= 0.6 is 0 Å². The van der Waals surface area contributed by atoms with Crippen LogP contribution in [0.3, 0.4) is 0 Å². The molecule has 2 fully saturated rings. The lowest BCUT2D eigenvalue weighted by Gasteiger charge is -2.34. The normalized spacial score (nSPS) is 26.5. The Bertz CT molecular complexity index is 313. The summed E-state index contributed by atoms with van der Waals surface area (Å²) >= 11 is 0. The molecule has 1 unspecified atom stereocenters. The van der Waals surface area contributed by atoms with Crippen molar-refractivity contribution in [3.05, 3.63) is 12.7 Å². The fourth-order valence-electron chi connectivity index (χ4n) is 2.98. The van der Waals surface area contributed by atoms with E-state index in [1.165, 1.54) is 6.42 Å². The van der Waals surface area contributed by atoms with Gasteiger partial charge < -0.3 is 11.1 Å². The molecule has 0 bridgehead atoms. The number of nitrogens with two attached hydrogens (primary N) is 1. The SMILES string of the molecule is C=CCNC(=O)CN1CCC(N2CCC(N)CC2)C1. The number of carbonyl (C=O) groups is 1. The number of hydrogen-bond donors (Lipinski definition) is 2. The number of hydrogen-bond acceptors (Lipinski definition) is 4. The second-order valence-corrected chi connectivity index (χ2v) is 5.64. The van der Waals surface area contributed by atoms with Crippen molar-refractivity contribution in [2.75, 3.05) is 39.3 Å². The van der Waals surface area contributed by atoms with Crippen LogP contribution in [0.2, 0.25) is 0 Å². The predicted octanol–water partition coefficient (Wildman–Crippen LogP) is -0.214. The minimum atomic E-state index is 0.0983. The molecule has 108 valence electrons. The second kappa shape index (κ2) is 7.03. The van der Waals surface area contributed by atoms with Crippen molar-refractivity contribution in [1.82, 2.24) is 15.1 Å². The molecule has 0 aromatic carbocycles. The molecule has 2 saturated heterocycles. The highest BCUT2D eigenvalue weighted by atomic mass is 16.2. The van der Waals surface area contributed by atoms with Crippen molar-refractivity contribution in [2.24, 2.45) is 5.73 Å². The summed E-state index contributed by atoms with van der Waals surface area (Å²) in [4.78, 5) is 16.4. The summed E-state index contributed by atoms with van der Waals surface area (Å²) in [5.41, 5.74) is 5.94. The van der Waals surface area contributed by atoms with Crippen LogP contribution < -0.4 is 11.1 Å². The zero-order valence-corrected chi connectivity index (χ0v) is 11.7. The highest BCUT2D eigenvalue weighted by molar-refractivity contribution is 5.78. The first-order chi connectivity index (χ1) is 9.19. The molecule has 2 heterocycles. The van der Waals surface area contributed by atoms with E-state index in [0.717, 1.165) is 39.0 Å². The van der Waals surface area contributed by atoms with E-state index in [9.17, 15) is 4.79 Å². The maximum atomic E-state index is 11.7. The molecule has 5 nitrogen and oxygen atoms in total. The van der Waals surface area contributed by atoms with E-state index < -0.39 is 0 Å². The van der Waals surface area contributed by atoms with Crippen LogP contribution in [0.1, 0.15) is 19.3 Å². The van der Waals surface area contributed by atoms with Crippen molar-refractivity contribution in [1.29, 1.82) is 0 Å². The van der Waals surface area contributed by atoms with E-state index in [-0.39, 0.29) is 5.91 Å². The third-order valence-electron chi connectivity index (χ3n) is 4.15. The molecule has 2 rings (SSSR count). The monoisotopic (exact) mass is 266 g/mol. The molecule has 1 amide bonds. The van der Waals surface area contributed by atoms with Crippen LogP contribution in [0.25, 0.3) is 0 Å². The van der Waals surface area contributed by atoms with E-state index >= 15 is 0 Å². The number of nitrogens with zero attached hydrogens (tertiary/aromatic N) is 2. The first-order valence-electron chi connectivity index (χ1n) is 7.28. The summed E-state index contributed by atoms with van der Waals surface area (Å²) in [5, 5.41) is 2.83. The molecule has 0 aliphatic carbocycles. The smallest absolute Gasteiger partial charge is 0.234 e. The minimum absolute atomic E-state index is 0.0983. The lowest BCUT2D eigenvalue weighted by atomic mass is 10.0. The predicted molar refractivity (Wildman–Crippen MR) is 76.8 cm³/mol. The van der Waals surface area contributed by atoms with Gasteiger partial charge in [0.15, 0.2) is 0 Å². The van der Waals surface area contributed by atoms with Gasteiger partial charge in [-0.3, -0.25) is 14.6 Å². The number of carbonyl (C=O) groups excluding carboxylic acids is 1. The van der Waals surface area contributed by atoms with E-state index in [2.05, 4.69) is 21.7 Å². The van der Waals surface area contributed by atoms with Gasteiger partial charge in [-0.1, -0.05) is 6.08 Å². The molecule has 0 radical (unpaired) electrons. The summed E-state index contributed by atoms with van der Waals surface area (Å²) in [6.45, 7) is 8.93. The number of amides is 1. The molecule has 0 aromatic rings. The summed E-state index contributed by atoms with van der Waals surface area (Å²) in [5.74, 6) is 0.0983. The van der Waals surface area contributed by atoms with Crippen LogP contribution in [0.5, 0.6) is 0 Å². The molecule has 3 N–H and O–H groups in total. The van der Waals surface area contributed by atoms with Crippen LogP contribution in [0, 0.1) is 0 Å². The van der Waals surface area contributed by atoms with E-state index in [0.29, 0.717) is 25.2 Å². The fourth-order valence-corrected chi connectivity index (χ4v) is 2.98. The Labute approximate surface area is 115 Å². The third-order valence-corrected chi connectivity index (χ3v) is 4.15. The largest absolute Gasteiger partial charge is 0.352 e. The van der Waals surface area contributed by atoms with Crippen LogP contribution in [0.15, 0.2) is 12.7 Å². The third kappa shape index (κ3) is 4.30. The zero-order valence-electron chi connectivity index (χ0n) is 11.7. The van der Waals surface area contributed by atoms with Crippen molar-refractivity contribution in [3.8, 4) is 0 Å². The Balaban J connectivity index is 1.70. The Kier molecular flexibility index (Phi) is 5.36. The molecular formula is C14H26N4O. The lowest BCUT2D eigenvalue weighted by Crippen LogP contribution is -2.46. The van der Waals surface area contributed by atoms with Crippen LogP contribution in [0.4, 0.5) is 0 Å². The van der Waals surface area contributed by atoms with Gasteiger partial charge in [-0.05, 0) is 32.4 Å².